The van der Waals surface area contributed by atoms with E-state index in [1.165, 1.54) is 37.9 Å². The van der Waals surface area contributed by atoms with E-state index in [2.05, 4.69) is 80.7 Å². The molecule has 4 aliphatic rings. The number of amides is 1. The Labute approximate surface area is 461 Å². The minimum atomic E-state index is -0.420. The SMILES string of the molecule is C#Cc1c(F)ccc2cccc(-c3ncc4c(N5CCCC(C)C5)nc(OCC5(CN6CCN(CC7CCN(c8ccc(C)c(N(C)C(=O)CC)c8)CC7)CC6)CC5)nc4c3P)c12.CC=O.CCCC(C)C(=O)C(C)CC. The molecule has 414 valence electrons. The van der Waals surface area contributed by atoms with E-state index >= 15 is 4.39 Å². The first-order valence-corrected chi connectivity index (χ1v) is 29.2. The van der Waals surface area contributed by atoms with Gasteiger partial charge in [0.2, 0.25) is 5.91 Å². The van der Waals surface area contributed by atoms with Gasteiger partial charge in [-0.3, -0.25) is 14.6 Å². The van der Waals surface area contributed by atoms with Gasteiger partial charge in [-0.2, -0.15) is 9.97 Å². The molecule has 1 aliphatic carbocycles. The highest BCUT2D eigenvalue weighted by Crippen LogP contribution is 2.47. The molecule has 4 unspecified atom stereocenters. The minimum Gasteiger partial charge on any atom is -0.463 e. The van der Waals surface area contributed by atoms with Crippen molar-refractivity contribution in [2.75, 3.05) is 93.8 Å². The summed E-state index contributed by atoms with van der Waals surface area (Å²) in [6, 6.07) is 16.0. The number of benzene rings is 3. The Morgan fingerprint density at radius 3 is 2.32 bits per heavy atom. The van der Waals surface area contributed by atoms with Crippen molar-refractivity contribution in [1.29, 1.82) is 0 Å². The zero-order valence-corrected chi connectivity index (χ0v) is 48.8. The molecule has 2 aromatic heterocycles. The third kappa shape index (κ3) is 14.6. The Morgan fingerprint density at radius 2 is 1.68 bits per heavy atom. The molecule has 1 saturated carbocycles. The average Bonchev–Trinajstić information content (AvgIpc) is 4.23. The summed E-state index contributed by atoms with van der Waals surface area (Å²) in [4.78, 5) is 59.9. The molecular formula is C63H86FN8O4P. The van der Waals surface area contributed by atoms with Gasteiger partial charge in [0.25, 0.3) is 0 Å². The van der Waals surface area contributed by atoms with Crippen molar-refractivity contribution >= 4 is 71.4 Å². The van der Waals surface area contributed by atoms with Gasteiger partial charge in [0.15, 0.2) is 0 Å². The molecule has 5 aromatic rings. The summed E-state index contributed by atoms with van der Waals surface area (Å²) in [7, 11) is 4.76. The number of anilines is 3. The molecule has 12 nitrogen and oxygen atoms in total. The summed E-state index contributed by atoms with van der Waals surface area (Å²) in [5, 5.41) is 3.23. The molecular weight excluding hydrogens is 983 g/mol. The highest BCUT2D eigenvalue weighted by atomic mass is 31.0. The molecule has 0 bridgehead atoms. The Kier molecular flexibility index (Phi) is 21.0. The smallest absolute Gasteiger partial charge is 0.318 e. The van der Waals surface area contributed by atoms with Gasteiger partial charge in [-0.25, -0.2) is 4.39 Å². The number of piperidine rings is 2. The van der Waals surface area contributed by atoms with Crippen LogP contribution < -0.4 is 24.7 Å². The van der Waals surface area contributed by atoms with E-state index in [-0.39, 0.29) is 28.7 Å². The normalized spacial score (nSPS) is 18.5. The number of fused-ring (bicyclic) bond motifs is 2. The van der Waals surface area contributed by atoms with Crippen molar-refractivity contribution in [3.8, 4) is 29.6 Å². The number of carbonyl (C=O) groups is 3. The summed E-state index contributed by atoms with van der Waals surface area (Å²) >= 11 is 0. The fraction of sp³-hybridized carbons (Fsp3) is 0.556. The Hall–Kier alpha value is -5.54. The molecule has 3 aromatic carbocycles. The predicted molar refractivity (Wildman–Crippen MR) is 318 cm³/mol. The average molecular weight is 1070 g/mol. The van der Waals surface area contributed by atoms with E-state index in [9.17, 15) is 9.59 Å². The molecule has 3 aliphatic heterocycles. The van der Waals surface area contributed by atoms with Crippen LogP contribution >= 0.6 is 9.24 Å². The summed E-state index contributed by atoms with van der Waals surface area (Å²) in [5.41, 5.74) is 5.93. The maximum atomic E-state index is 15.0. The standard InChI is InChI=1S/C51H62FN8O2P.C10H20O.C2H4O/c1-6-39-42(52)16-14-37-11-8-12-40(45(37)39)46-48(63)47-41(29-53-46)49(60-21-9-10-34(3)30-60)55-50(54-47)62-33-51(19-20-51)32-58-26-24-57(25-27-58)31-36-17-22-59(23-18-36)38-15-13-35(4)43(28-38)56(5)44(61)7-2;1-5-7-9(4)10(11)8(3)6-2;1-2-3/h1,8,11-16,28-29,34,36H,7,9-10,17-27,30-33,63H2,2-5H3;8-9H,5-7H2,1-4H3;2H,1H3. The van der Waals surface area contributed by atoms with Crippen LogP contribution in [0.1, 0.15) is 124 Å². The van der Waals surface area contributed by atoms with Gasteiger partial charge >= 0.3 is 6.01 Å². The number of hydrogen-bond acceptors (Lipinski definition) is 11. The van der Waals surface area contributed by atoms with Gasteiger partial charge in [-0.15, -0.1) is 15.7 Å². The first-order chi connectivity index (χ1) is 37.1. The Bertz CT molecular complexity index is 2870. The number of ketones is 1. The number of Topliss-reactive ketones (excluding diaryl/α,β-unsaturated/α-hetero) is 1. The maximum Gasteiger partial charge on any atom is 0.318 e. The van der Waals surface area contributed by atoms with E-state index < -0.39 is 5.82 Å². The first kappa shape index (κ1) is 59.1. The van der Waals surface area contributed by atoms with Gasteiger partial charge in [-0.05, 0) is 106 Å². The largest absolute Gasteiger partial charge is 0.463 e. The van der Waals surface area contributed by atoms with Crippen LogP contribution in [-0.4, -0.2) is 122 Å². The monoisotopic (exact) mass is 1070 g/mol. The molecule has 77 heavy (non-hydrogen) atoms. The van der Waals surface area contributed by atoms with Crippen molar-refractivity contribution in [3.05, 3.63) is 71.7 Å². The lowest BCUT2D eigenvalue weighted by atomic mass is 9.91. The maximum absolute atomic E-state index is 15.0. The lowest BCUT2D eigenvalue weighted by Crippen LogP contribution is -2.50. The van der Waals surface area contributed by atoms with Crippen LogP contribution in [0.25, 0.3) is 32.9 Å². The van der Waals surface area contributed by atoms with Gasteiger partial charge in [0, 0.05) is 130 Å². The van der Waals surface area contributed by atoms with E-state index in [1.807, 2.05) is 52.2 Å². The number of ether oxygens (including phenoxy) is 1. The summed E-state index contributed by atoms with van der Waals surface area (Å²) in [6.07, 6.45) is 19.1. The quantitative estimate of drug-likeness (QED) is 0.0504. The van der Waals surface area contributed by atoms with Crippen LogP contribution in [0.2, 0.25) is 0 Å². The van der Waals surface area contributed by atoms with Gasteiger partial charge < -0.3 is 34.0 Å². The molecule has 0 spiro atoms. The fourth-order valence-electron chi connectivity index (χ4n) is 11.5. The second-order valence-corrected chi connectivity index (χ2v) is 23.1. The van der Waals surface area contributed by atoms with Crippen molar-refractivity contribution < 1.29 is 23.5 Å². The molecule has 14 heteroatoms. The van der Waals surface area contributed by atoms with Crippen molar-refractivity contribution in [3.63, 3.8) is 0 Å². The molecule has 5 heterocycles. The minimum absolute atomic E-state index is 0.105. The molecule has 9 rings (SSSR count). The zero-order valence-electron chi connectivity index (χ0n) is 47.7. The molecule has 3 saturated heterocycles. The number of terminal acetylenes is 1. The van der Waals surface area contributed by atoms with Gasteiger partial charge in [0.1, 0.15) is 23.7 Å². The second-order valence-electron chi connectivity index (χ2n) is 22.5. The van der Waals surface area contributed by atoms with E-state index in [0.29, 0.717) is 47.7 Å². The van der Waals surface area contributed by atoms with Gasteiger partial charge in [-0.1, -0.05) is 84.2 Å². The first-order valence-electron chi connectivity index (χ1n) is 28.6. The Morgan fingerprint density at radius 1 is 0.961 bits per heavy atom. The van der Waals surface area contributed by atoms with Crippen LogP contribution in [-0.2, 0) is 14.4 Å². The third-order valence-corrected chi connectivity index (χ3v) is 17.2. The second kappa shape index (κ2) is 27.4. The lowest BCUT2D eigenvalue weighted by Gasteiger charge is -2.40. The molecule has 0 N–H and O–H groups in total. The number of halogens is 1. The molecule has 4 atom stereocenters. The molecule has 0 radical (unpaired) electrons. The number of piperazine rings is 1. The number of carbonyl (C=O) groups excluding carboxylic acids is 3. The number of pyridine rings is 1. The van der Waals surface area contributed by atoms with E-state index in [0.717, 1.165) is 154 Å². The van der Waals surface area contributed by atoms with Gasteiger partial charge in [0.05, 0.1) is 28.8 Å². The van der Waals surface area contributed by atoms with Crippen molar-refractivity contribution in [2.24, 2.45) is 29.1 Å². The number of aldehydes is 1. The topological polar surface area (TPSA) is 115 Å². The summed E-state index contributed by atoms with van der Waals surface area (Å²) in [6.45, 7) is 27.1. The number of nitrogens with zero attached hydrogens (tertiary/aromatic N) is 8. The fourth-order valence-corrected chi connectivity index (χ4v) is 12.0. The van der Waals surface area contributed by atoms with Crippen LogP contribution in [0.4, 0.5) is 21.6 Å². The summed E-state index contributed by atoms with van der Waals surface area (Å²) < 4.78 is 21.7. The predicted octanol–water partition coefficient (Wildman–Crippen LogP) is 11.3. The van der Waals surface area contributed by atoms with Crippen LogP contribution in [0.5, 0.6) is 6.01 Å². The highest BCUT2D eigenvalue weighted by molar-refractivity contribution is 7.28. The van der Waals surface area contributed by atoms with Crippen molar-refractivity contribution in [1.82, 2.24) is 24.8 Å². The highest BCUT2D eigenvalue weighted by Gasteiger charge is 2.45. The lowest BCUT2D eigenvalue weighted by molar-refractivity contribution is -0.126. The number of aromatic nitrogens is 3. The molecule has 4 fully saturated rings. The molecule has 1 amide bonds. The third-order valence-electron chi connectivity index (χ3n) is 16.6. The summed E-state index contributed by atoms with van der Waals surface area (Å²) in [5.74, 6) is 5.41. The van der Waals surface area contributed by atoms with Crippen LogP contribution in [0.3, 0.4) is 0 Å². The number of rotatable bonds is 17. The zero-order chi connectivity index (χ0) is 55.4. The van der Waals surface area contributed by atoms with Crippen LogP contribution in [0.15, 0.2) is 54.7 Å². The number of aryl methyl sites for hydroxylation is 1. The van der Waals surface area contributed by atoms with Crippen molar-refractivity contribution in [2.45, 2.75) is 120 Å². The number of hydrogen-bond donors (Lipinski definition) is 0. The van der Waals surface area contributed by atoms with E-state index in [1.54, 1.807) is 11.0 Å². The Balaban J connectivity index is 0.000000545. The van der Waals surface area contributed by atoms with E-state index in [4.69, 9.17) is 30.9 Å². The van der Waals surface area contributed by atoms with Crippen LogP contribution in [0, 0.1) is 54.2 Å².